The molecule has 3 aromatic rings. The van der Waals surface area contributed by atoms with Gasteiger partial charge in [0, 0.05) is 5.69 Å². The smallest absolute Gasteiger partial charge is 0.284 e. The number of H-pyrrole nitrogens is 1. The number of aryl methyl sites for hydroxylation is 1. The van der Waals surface area contributed by atoms with Crippen molar-refractivity contribution in [3.8, 4) is 17.2 Å². The Labute approximate surface area is 185 Å². The Kier molecular flexibility index (Phi) is 5.61. The molecule has 1 atom stereocenters. The van der Waals surface area contributed by atoms with Crippen molar-refractivity contribution in [1.82, 2.24) is 15.2 Å². The van der Waals surface area contributed by atoms with Gasteiger partial charge in [0.1, 0.15) is 6.61 Å². The van der Waals surface area contributed by atoms with Gasteiger partial charge in [-0.05, 0) is 42.2 Å². The molecule has 1 aliphatic rings. The summed E-state index contributed by atoms with van der Waals surface area (Å²) in [5, 5.41) is 6.98. The number of nitrogens with one attached hydrogen (secondary N) is 2. The minimum absolute atomic E-state index is 0.0566. The molecule has 2 aromatic carbocycles. The van der Waals surface area contributed by atoms with Crippen LogP contribution in [0.3, 0.4) is 0 Å². The largest absolute Gasteiger partial charge is 0.485 e. The molecular weight excluding hydrogens is 408 g/mol. The standard InChI is InChI=1S/C24H26N4O4/c1-15-18(23(30)28(27-15)17-8-6-5-7-9-17)13-25-26-22(29)21-14-31-19-11-10-16(24(2,3)4)12-20(19)32-21/h5-13,21,27H,14H2,1-4H3,(H,26,29)/b25-13-/t21-/m0/s1. The predicted molar refractivity (Wildman–Crippen MR) is 122 cm³/mol. The maximum Gasteiger partial charge on any atom is 0.284 e. The van der Waals surface area contributed by atoms with Gasteiger partial charge in [0.15, 0.2) is 11.5 Å². The van der Waals surface area contributed by atoms with Gasteiger partial charge in [-0.15, -0.1) is 0 Å². The number of aromatic amines is 1. The number of hydrogen-bond acceptors (Lipinski definition) is 5. The molecule has 0 saturated heterocycles. The average molecular weight is 434 g/mol. The number of hydrogen-bond donors (Lipinski definition) is 2. The molecule has 0 spiro atoms. The van der Waals surface area contributed by atoms with E-state index in [1.807, 2.05) is 48.5 Å². The van der Waals surface area contributed by atoms with Crippen LogP contribution in [0, 0.1) is 6.92 Å². The van der Waals surface area contributed by atoms with Gasteiger partial charge in [-0.1, -0.05) is 45.0 Å². The monoisotopic (exact) mass is 434 g/mol. The molecule has 8 heteroatoms. The number of aromatic nitrogens is 2. The number of para-hydroxylation sites is 1. The number of nitrogens with zero attached hydrogens (tertiary/aromatic N) is 2. The molecule has 2 heterocycles. The van der Waals surface area contributed by atoms with Crippen molar-refractivity contribution < 1.29 is 14.3 Å². The number of rotatable bonds is 4. The summed E-state index contributed by atoms with van der Waals surface area (Å²) in [6.07, 6.45) is 0.490. The van der Waals surface area contributed by atoms with Crippen LogP contribution in [0.4, 0.5) is 0 Å². The Morgan fingerprint density at radius 2 is 1.94 bits per heavy atom. The number of ether oxygens (including phenoxy) is 2. The van der Waals surface area contributed by atoms with Crippen LogP contribution in [0.1, 0.15) is 37.6 Å². The molecule has 1 aromatic heterocycles. The van der Waals surface area contributed by atoms with Gasteiger partial charge in [-0.3, -0.25) is 14.7 Å². The first-order chi connectivity index (χ1) is 15.2. The molecule has 1 amide bonds. The fourth-order valence-corrected chi connectivity index (χ4v) is 3.37. The molecule has 8 nitrogen and oxygen atoms in total. The van der Waals surface area contributed by atoms with Crippen molar-refractivity contribution in [2.45, 2.75) is 39.2 Å². The molecule has 1 aliphatic heterocycles. The van der Waals surface area contributed by atoms with E-state index in [9.17, 15) is 9.59 Å². The quantitative estimate of drug-likeness (QED) is 0.487. The first-order valence-corrected chi connectivity index (χ1v) is 10.4. The van der Waals surface area contributed by atoms with Crippen molar-refractivity contribution >= 4 is 12.1 Å². The Balaban J connectivity index is 1.45. The fourth-order valence-electron chi connectivity index (χ4n) is 3.37. The van der Waals surface area contributed by atoms with Gasteiger partial charge in [0.2, 0.25) is 6.10 Å². The van der Waals surface area contributed by atoms with Gasteiger partial charge < -0.3 is 9.47 Å². The van der Waals surface area contributed by atoms with E-state index in [0.717, 1.165) is 5.56 Å². The molecule has 166 valence electrons. The first-order valence-electron chi connectivity index (χ1n) is 10.4. The van der Waals surface area contributed by atoms with E-state index >= 15 is 0 Å². The third-order valence-corrected chi connectivity index (χ3v) is 5.26. The molecule has 0 radical (unpaired) electrons. The second kappa shape index (κ2) is 8.37. The summed E-state index contributed by atoms with van der Waals surface area (Å²) in [6.45, 7) is 8.16. The summed E-state index contributed by atoms with van der Waals surface area (Å²) in [5.74, 6) is 0.680. The minimum Gasteiger partial charge on any atom is -0.485 e. The number of benzene rings is 2. The molecular formula is C24H26N4O4. The molecule has 32 heavy (non-hydrogen) atoms. The van der Waals surface area contributed by atoms with Crippen molar-refractivity contribution in [3.63, 3.8) is 0 Å². The third kappa shape index (κ3) is 4.30. The van der Waals surface area contributed by atoms with Crippen LogP contribution in [-0.4, -0.2) is 34.6 Å². The van der Waals surface area contributed by atoms with E-state index < -0.39 is 12.0 Å². The zero-order chi connectivity index (χ0) is 22.9. The predicted octanol–water partition coefficient (Wildman–Crippen LogP) is 3.06. The maximum absolute atomic E-state index is 12.7. The summed E-state index contributed by atoms with van der Waals surface area (Å²) < 4.78 is 13.0. The van der Waals surface area contributed by atoms with Gasteiger partial charge >= 0.3 is 0 Å². The summed E-state index contributed by atoms with van der Waals surface area (Å²) in [5.41, 5.74) is 4.92. The highest BCUT2D eigenvalue weighted by atomic mass is 16.6. The van der Waals surface area contributed by atoms with Gasteiger partial charge in [0.25, 0.3) is 11.5 Å². The van der Waals surface area contributed by atoms with Crippen molar-refractivity contribution in [3.05, 3.63) is 75.7 Å². The molecule has 4 rings (SSSR count). The third-order valence-electron chi connectivity index (χ3n) is 5.26. The van der Waals surface area contributed by atoms with Gasteiger partial charge in [-0.2, -0.15) is 5.10 Å². The molecule has 0 aliphatic carbocycles. The van der Waals surface area contributed by atoms with Crippen LogP contribution >= 0.6 is 0 Å². The topological polar surface area (TPSA) is 97.7 Å². The van der Waals surface area contributed by atoms with Crippen LogP contribution in [0.15, 0.2) is 58.4 Å². The number of fused-ring (bicyclic) bond motifs is 1. The van der Waals surface area contributed by atoms with Gasteiger partial charge in [0.05, 0.1) is 17.5 Å². The zero-order valence-corrected chi connectivity index (χ0v) is 18.5. The van der Waals surface area contributed by atoms with E-state index in [1.54, 1.807) is 6.92 Å². The lowest BCUT2D eigenvalue weighted by Crippen LogP contribution is -2.42. The van der Waals surface area contributed by atoms with E-state index in [-0.39, 0.29) is 17.6 Å². The van der Waals surface area contributed by atoms with Crippen molar-refractivity contribution in [2.75, 3.05) is 6.61 Å². The summed E-state index contributed by atoms with van der Waals surface area (Å²) in [4.78, 5) is 25.3. The molecule has 0 fully saturated rings. The van der Waals surface area contributed by atoms with Crippen LogP contribution in [-0.2, 0) is 10.2 Å². The lowest BCUT2D eigenvalue weighted by molar-refractivity contribution is -0.130. The molecule has 0 saturated carbocycles. The zero-order valence-electron chi connectivity index (χ0n) is 18.5. The highest BCUT2D eigenvalue weighted by Crippen LogP contribution is 2.36. The first kappa shape index (κ1) is 21.4. The summed E-state index contributed by atoms with van der Waals surface area (Å²) >= 11 is 0. The Morgan fingerprint density at radius 1 is 1.19 bits per heavy atom. The molecule has 0 bridgehead atoms. The highest BCUT2D eigenvalue weighted by molar-refractivity contribution is 5.85. The van der Waals surface area contributed by atoms with E-state index in [4.69, 9.17) is 9.47 Å². The highest BCUT2D eigenvalue weighted by Gasteiger charge is 2.28. The lowest BCUT2D eigenvalue weighted by atomic mass is 9.87. The maximum atomic E-state index is 12.7. The van der Waals surface area contributed by atoms with Crippen molar-refractivity contribution in [1.29, 1.82) is 0 Å². The number of hydrazone groups is 1. The normalized spacial score (nSPS) is 15.7. The fraction of sp³-hybridized carbons (Fsp3) is 0.292. The van der Waals surface area contributed by atoms with E-state index in [1.165, 1.54) is 10.9 Å². The van der Waals surface area contributed by atoms with E-state index in [0.29, 0.717) is 28.4 Å². The van der Waals surface area contributed by atoms with E-state index in [2.05, 4.69) is 36.4 Å². The van der Waals surface area contributed by atoms with Crippen LogP contribution < -0.4 is 20.5 Å². The van der Waals surface area contributed by atoms with Crippen LogP contribution in [0.25, 0.3) is 5.69 Å². The Morgan fingerprint density at radius 3 is 2.66 bits per heavy atom. The second-order valence-electron chi connectivity index (χ2n) is 8.69. The van der Waals surface area contributed by atoms with Crippen LogP contribution in [0.5, 0.6) is 11.5 Å². The number of carbonyl (C=O) groups is 1. The molecule has 0 unspecified atom stereocenters. The summed E-state index contributed by atoms with van der Waals surface area (Å²) in [6, 6.07) is 15.0. The van der Waals surface area contributed by atoms with Crippen LogP contribution in [0.2, 0.25) is 0 Å². The average Bonchev–Trinajstić information content (AvgIpc) is 3.06. The van der Waals surface area contributed by atoms with Crippen molar-refractivity contribution in [2.24, 2.45) is 5.10 Å². The lowest BCUT2D eigenvalue weighted by Gasteiger charge is -2.27. The second-order valence-corrected chi connectivity index (χ2v) is 8.69. The Hall–Kier alpha value is -3.81. The number of carbonyl (C=O) groups excluding carboxylic acids is 1. The minimum atomic E-state index is -0.844. The van der Waals surface area contributed by atoms with Gasteiger partial charge in [-0.25, -0.2) is 10.1 Å². The Bertz CT molecular complexity index is 1220. The number of amides is 1. The molecule has 2 N–H and O–H groups in total. The summed E-state index contributed by atoms with van der Waals surface area (Å²) in [7, 11) is 0. The SMILES string of the molecule is Cc1[nH]n(-c2ccccc2)c(=O)c1/C=N\NC(=O)[C@@H]1COc2ccc(C(C)(C)C)cc2O1.